The molecule has 0 N–H and O–H groups in total. The zero-order chi connectivity index (χ0) is 17.8. The lowest BCUT2D eigenvalue weighted by atomic mass is 10.1. The van der Waals surface area contributed by atoms with E-state index < -0.39 is 0 Å². The number of hydrogen-bond donors (Lipinski definition) is 0. The zero-order valence-corrected chi connectivity index (χ0v) is 15.5. The van der Waals surface area contributed by atoms with Crippen molar-refractivity contribution in [1.82, 2.24) is 4.90 Å². The van der Waals surface area contributed by atoms with Crippen LogP contribution in [-0.2, 0) is 17.8 Å². The summed E-state index contributed by atoms with van der Waals surface area (Å²) in [4.78, 5) is 14.3. The third-order valence-corrected chi connectivity index (χ3v) is 4.56. The summed E-state index contributed by atoms with van der Waals surface area (Å²) < 4.78 is 25.8. The van der Waals surface area contributed by atoms with Gasteiger partial charge in [-0.25, -0.2) is 4.39 Å². The fourth-order valence-corrected chi connectivity index (χ4v) is 3.14. The predicted octanol–water partition coefficient (Wildman–Crippen LogP) is 3.95. The summed E-state index contributed by atoms with van der Waals surface area (Å²) in [6, 6.07) is 10.3. The number of hydrogen-bond acceptors (Lipinski definition) is 3. The topological polar surface area (TPSA) is 38.8 Å². The number of rotatable bonds is 5. The monoisotopic (exact) mass is 407 g/mol. The number of nitrogens with zero attached hydrogens (tertiary/aromatic N) is 1. The van der Waals surface area contributed by atoms with Crippen molar-refractivity contribution in [3.05, 3.63) is 57.8 Å². The van der Waals surface area contributed by atoms with Gasteiger partial charge in [0.1, 0.15) is 19.0 Å². The van der Waals surface area contributed by atoms with E-state index in [0.717, 1.165) is 10.0 Å². The van der Waals surface area contributed by atoms with Gasteiger partial charge in [0.2, 0.25) is 5.91 Å². The van der Waals surface area contributed by atoms with Crippen molar-refractivity contribution in [3.63, 3.8) is 0 Å². The van der Waals surface area contributed by atoms with Crippen molar-refractivity contribution in [2.24, 2.45) is 0 Å². The molecule has 132 valence electrons. The molecule has 6 heteroatoms. The molecular formula is C19H19BrFNO3. The number of carbonyl (C=O) groups excluding carboxylic acids is 1. The fourth-order valence-electron chi connectivity index (χ4n) is 2.73. The molecule has 0 fully saturated rings. The van der Waals surface area contributed by atoms with Gasteiger partial charge in [-0.1, -0.05) is 22.0 Å². The Bertz CT molecular complexity index is 781. The van der Waals surface area contributed by atoms with Crippen LogP contribution in [0.3, 0.4) is 0 Å². The Morgan fingerprint density at radius 2 is 1.92 bits per heavy atom. The fraction of sp³-hybridized carbons (Fsp3) is 0.316. The second kappa shape index (κ2) is 7.87. The highest BCUT2D eigenvalue weighted by atomic mass is 79.9. The predicted molar refractivity (Wildman–Crippen MR) is 96.3 cm³/mol. The van der Waals surface area contributed by atoms with E-state index in [-0.39, 0.29) is 24.7 Å². The average molecular weight is 408 g/mol. The second-order valence-corrected chi connectivity index (χ2v) is 6.71. The van der Waals surface area contributed by atoms with Crippen LogP contribution in [0, 0.1) is 5.82 Å². The first-order valence-corrected chi connectivity index (χ1v) is 8.96. The first kappa shape index (κ1) is 17.7. The Morgan fingerprint density at radius 3 is 2.68 bits per heavy atom. The third kappa shape index (κ3) is 4.31. The van der Waals surface area contributed by atoms with Gasteiger partial charge in [-0.05, 0) is 42.8 Å². The van der Waals surface area contributed by atoms with Crippen molar-refractivity contribution >= 4 is 21.8 Å². The summed E-state index contributed by atoms with van der Waals surface area (Å²) in [6.45, 7) is 3.68. The maximum absolute atomic E-state index is 14.0. The normalized spacial score (nSPS) is 12.8. The standard InChI is InChI=1S/C19H19BrFNO3/c1-2-22(12-14-11-15(20)4-5-16(14)21)19(23)10-13-3-6-17-18(9-13)25-8-7-24-17/h3-6,9,11H,2,7-8,10,12H2,1H3. The summed E-state index contributed by atoms with van der Waals surface area (Å²) in [7, 11) is 0. The van der Waals surface area contributed by atoms with E-state index in [1.807, 2.05) is 25.1 Å². The number of likely N-dealkylation sites (N-methyl/N-ethyl adjacent to an activating group) is 1. The minimum atomic E-state index is -0.311. The maximum atomic E-state index is 14.0. The number of fused-ring (bicyclic) bond motifs is 1. The molecule has 0 spiro atoms. The molecule has 0 radical (unpaired) electrons. The van der Waals surface area contributed by atoms with Crippen LogP contribution in [-0.4, -0.2) is 30.6 Å². The van der Waals surface area contributed by atoms with Gasteiger partial charge in [0.05, 0.1) is 6.42 Å². The molecule has 2 aromatic carbocycles. The maximum Gasteiger partial charge on any atom is 0.227 e. The minimum absolute atomic E-state index is 0.0569. The Morgan fingerprint density at radius 1 is 1.16 bits per heavy atom. The van der Waals surface area contributed by atoms with E-state index in [4.69, 9.17) is 9.47 Å². The SMILES string of the molecule is CCN(Cc1cc(Br)ccc1F)C(=O)Cc1ccc2c(c1)OCCO2. The van der Waals surface area contributed by atoms with Crippen molar-refractivity contribution in [1.29, 1.82) is 0 Å². The Balaban J connectivity index is 1.71. The van der Waals surface area contributed by atoms with E-state index in [2.05, 4.69) is 15.9 Å². The Labute approximate surface area is 154 Å². The quantitative estimate of drug-likeness (QED) is 0.752. The third-order valence-electron chi connectivity index (χ3n) is 4.07. The van der Waals surface area contributed by atoms with Gasteiger partial charge in [-0.15, -0.1) is 0 Å². The van der Waals surface area contributed by atoms with Crippen LogP contribution in [0.2, 0.25) is 0 Å². The Kier molecular flexibility index (Phi) is 5.58. The smallest absolute Gasteiger partial charge is 0.227 e. The van der Waals surface area contributed by atoms with Gasteiger partial charge in [0.15, 0.2) is 11.5 Å². The van der Waals surface area contributed by atoms with Gasteiger partial charge in [0, 0.05) is 23.1 Å². The van der Waals surface area contributed by atoms with Crippen molar-refractivity contribution in [2.75, 3.05) is 19.8 Å². The molecule has 2 aromatic rings. The largest absolute Gasteiger partial charge is 0.486 e. The van der Waals surface area contributed by atoms with Crippen LogP contribution in [0.5, 0.6) is 11.5 Å². The van der Waals surface area contributed by atoms with Crippen LogP contribution < -0.4 is 9.47 Å². The molecule has 0 atom stereocenters. The van der Waals surface area contributed by atoms with Gasteiger partial charge in [0.25, 0.3) is 0 Å². The summed E-state index contributed by atoms with van der Waals surface area (Å²) in [5.41, 5.74) is 1.34. The van der Waals surface area contributed by atoms with Gasteiger partial charge >= 0.3 is 0 Å². The number of halogens is 2. The molecule has 1 amide bonds. The molecule has 3 rings (SSSR count). The van der Waals surface area contributed by atoms with Crippen LogP contribution in [0.1, 0.15) is 18.1 Å². The van der Waals surface area contributed by atoms with Crippen molar-refractivity contribution < 1.29 is 18.7 Å². The van der Waals surface area contributed by atoms with Gasteiger partial charge in [-0.2, -0.15) is 0 Å². The average Bonchev–Trinajstić information content (AvgIpc) is 2.62. The van der Waals surface area contributed by atoms with Crippen molar-refractivity contribution in [2.45, 2.75) is 19.9 Å². The van der Waals surface area contributed by atoms with Crippen LogP contribution in [0.4, 0.5) is 4.39 Å². The number of benzene rings is 2. The number of carbonyl (C=O) groups is 1. The molecule has 1 aliphatic heterocycles. The molecule has 0 unspecified atom stereocenters. The molecule has 0 saturated carbocycles. The highest BCUT2D eigenvalue weighted by Crippen LogP contribution is 2.31. The molecule has 1 heterocycles. The van der Waals surface area contributed by atoms with Crippen LogP contribution in [0.15, 0.2) is 40.9 Å². The molecule has 0 saturated heterocycles. The molecule has 4 nitrogen and oxygen atoms in total. The summed E-state index contributed by atoms with van der Waals surface area (Å²) >= 11 is 3.34. The summed E-state index contributed by atoms with van der Waals surface area (Å²) in [6.07, 6.45) is 0.236. The highest BCUT2D eigenvalue weighted by molar-refractivity contribution is 9.10. The molecule has 0 aliphatic carbocycles. The van der Waals surface area contributed by atoms with E-state index >= 15 is 0 Å². The zero-order valence-electron chi connectivity index (χ0n) is 13.9. The molecular weight excluding hydrogens is 389 g/mol. The number of ether oxygens (including phenoxy) is 2. The first-order chi connectivity index (χ1) is 12.1. The Hall–Kier alpha value is -2.08. The van der Waals surface area contributed by atoms with E-state index in [9.17, 15) is 9.18 Å². The lowest BCUT2D eigenvalue weighted by Crippen LogP contribution is -2.32. The molecule has 25 heavy (non-hydrogen) atoms. The summed E-state index contributed by atoms with van der Waals surface area (Å²) in [5.74, 6) is 0.996. The molecule has 1 aliphatic rings. The number of amides is 1. The van der Waals surface area contributed by atoms with Gasteiger partial charge in [-0.3, -0.25) is 4.79 Å². The van der Waals surface area contributed by atoms with Crippen LogP contribution >= 0.6 is 15.9 Å². The molecule has 0 aromatic heterocycles. The van der Waals surface area contributed by atoms with Crippen molar-refractivity contribution in [3.8, 4) is 11.5 Å². The van der Waals surface area contributed by atoms with E-state index in [1.165, 1.54) is 6.07 Å². The summed E-state index contributed by atoms with van der Waals surface area (Å²) in [5, 5.41) is 0. The lowest BCUT2D eigenvalue weighted by Gasteiger charge is -2.22. The van der Waals surface area contributed by atoms with E-state index in [0.29, 0.717) is 36.8 Å². The minimum Gasteiger partial charge on any atom is -0.486 e. The van der Waals surface area contributed by atoms with Gasteiger partial charge < -0.3 is 14.4 Å². The molecule has 0 bridgehead atoms. The highest BCUT2D eigenvalue weighted by Gasteiger charge is 2.17. The second-order valence-electron chi connectivity index (χ2n) is 5.80. The van der Waals surface area contributed by atoms with E-state index in [1.54, 1.807) is 17.0 Å². The van der Waals surface area contributed by atoms with Crippen LogP contribution in [0.25, 0.3) is 0 Å². The first-order valence-electron chi connectivity index (χ1n) is 8.17. The lowest BCUT2D eigenvalue weighted by molar-refractivity contribution is -0.130.